The van der Waals surface area contributed by atoms with Gasteiger partial charge in [0.25, 0.3) is 11.5 Å². The molecule has 3 rings (SSSR count). The van der Waals surface area contributed by atoms with E-state index in [1.54, 1.807) is 18.2 Å². The van der Waals surface area contributed by atoms with Gasteiger partial charge >= 0.3 is 0 Å². The average Bonchev–Trinajstić information content (AvgIpc) is 3.12. The van der Waals surface area contributed by atoms with Gasteiger partial charge < -0.3 is 10.3 Å². The number of nitrogens with one attached hydrogen (secondary N) is 2. The third-order valence-electron chi connectivity index (χ3n) is 4.43. The van der Waals surface area contributed by atoms with Crippen LogP contribution in [0.2, 0.25) is 5.02 Å². The van der Waals surface area contributed by atoms with Crippen molar-refractivity contribution in [3.8, 4) is 0 Å². The third kappa shape index (κ3) is 3.91. The van der Waals surface area contributed by atoms with E-state index in [4.69, 9.17) is 11.6 Å². The molecule has 2 heterocycles. The van der Waals surface area contributed by atoms with E-state index in [0.29, 0.717) is 10.6 Å². The Hall–Kier alpha value is -2.18. The Kier molecular flexibility index (Phi) is 5.50. The van der Waals surface area contributed by atoms with Crippen LogP contribution >= 0.6 is 11.6 Å². The number of carbonyl (C=O) groups is 1. The number of rotatable bonds is 5. The number of pyridine rings is 1. The number of H-pyrrole nitrogens is 1. The molecule has 0 radical (unpaired) electrons. The molecule has 1 saturated heterocycles. The number of likely N-dealkylation sites (tertiary alicyclic amines) is 1. The number of benzene rings is 1. The van der Waals surface area contributed by atoms with Crippen molar-refractivity contribution in [2.45, 2.75) is 18.9 Å². The van der Waals surface area contributed by atoms with E-state index in [1.807, 2.05) is 0 Å². The van der Waals surface area contributed by atoms with Crippen molar-refractivity contribution >= 4 is 17.5 Å². The molecule has 1 amide bonds. The number of aromatic nitrogens is 1. The van der Waals surface area contributed by atoms with Gasteiger partial charge in [0, 0.05) is 23.3 Å². The highest BCUT2D eigenvalue weighted by atomic mass is 35.5. The number of hydrogen-bond donors (Lipinski definition) is 2. The van der Waals surface area contributed by atoms with Crippen molar-refractivity contribution in [2.75, 3.05) is 19.6 Å². The Morgan fingerprint density at radius 2 is 2.04 bits per heavy atom. The summed E-state index contributed by atoms with van der Waals surface area (Å²) >= 11 is 6.23. The predicted molar refractivity (Wildman–Crippen MR) is 94.4 cm³/mol. The van der Waals surface area contributed by atoms with Crippen LogP contribution in [-0.4, -0.2) is 35.4 Å². The maximum atomic E-state index is 14.4. The molecule has 7 heteroatoms. The zero-order valence-electron chi connectivity index (χ0n) is 13.6. The van der Waals surface area contributed by atoms with Crippen molar-refractivity contribution in [2.24, 2.45) is 0 Å². The molecule has 0 bridgehead atoms. The Morgan fingerprint density at radius 3 is 2.72 bits per heavy atom. The minimum Gasteiger partial charge on any atom is -0.350 e. The summed E-state index contributed by atoms with van der Waals surface area (Å²) in [5.74, 6) is -0.880. The number of hydrogen-bond acceptors (Lipinski definition) is 3. The van der Waals surface area contributed by atoms with E-state index < -0.39 is 17.3 Å². The van der Waals surface area contributed by atoms with Gasteiger partial charge in [-0.25, -0.2) is 4.39 Å². The standard InChI is InChI=1S/C18H19ClFN3O2/c19-13-6-3-7-14(20)16(13)15(23-9-1-2-10-23)11-22-18(25)12-5-4-8-21-17(12)24/h3-8,15H,1-2,9-11H2,(H,21,24)(H,22,25)/t15-/m1/s1. The topological polar surface area (TPSA) is 65.2 Å². The van der Waals surface area contributed by atoms with Crippen molar-refractivity contribution in [3.05, 3.63) is 68.8 Å². The highest BCUT2D eigenvalue weighted by molar-refractivity contribution is 6.31. The van der Waals surface area contributed by atoms with Crippen molar-refractivity contribution in [3.63, 3.8) is 0 Å². The first-order valence-electron chi connectivity index (χ1n) is 8.22. The SMILES string of the molecule is O=C(NC[C@H](c1c(F)cccc1Cl)N1CCCC1)c1ccc[nH]c1=O. The second kappa shape index (κ2) is 7.80. The summed E-state index contributed by atoms with van der Waals surface area (Å²) in [5, 5.41) is 3.08. The van der Waals surface area contributed by atoms with Gasteiger partial charge in [-0.1, -0.05) is 17.7 Å². The van der Waals surface area contributed by atoms with E-state index in [9.17, 15) is 14.0 Å². The van der Waals surface area contributed by atoms with Crippen LogP contribution in [0.4, 0.5) is 4.39 Å². The Bertz CT molecular complexity index is 798. The predicted octanol–water partition coefficient (Wildman–Crippen LogP) is 2.73. The summed E-state index contributed by atoms with van der Waals surface area (Å²) in [5.41, 5.74) is -0.0442. The molecule has 0 aliphatic carbocycles. The van der Waals surface area contributed by atoms with E-state index in [2.05, 4.69) is 15.2 Å². The molecule has 1 aromatic carbocycles. The van der Waals surface area contributed by atoms with Gasteiger partial charge in [0.05, 0.1) is 6.04 Å². The summed E-state index contributed by atoms with van der Waals surface area (Å²) in [7, 11) is 0. The van der Waals surface area contributed by atoms with Crippen molar-refractivity contribution < 1.29 is 9.18 Å². The van der Waals surface area contributed by atoms with Crippen LogP contribution in [0.15, 0.2) is 41.3 Å². The zero-order chi connectivity index (χ0) is 17.8. The summed E-state index contributed by atoms with van der Waals surface area (Å²) in [6, 6.07) is 7.24. The smallest absolute Gasteiger partial charge is 0.260 e. The van der Waals surface area contributed by atoms with E-state index in [1.165, 1.54) is 18.3 Å². The van der Waals surface area contributed by atoms with Gasteiger partial charge in [-0.3, -0.25) is 14.5 Å². The lowest BCUT2D eigenvalue weighted by Gasteiger charge is -2.29. The summed E-state index contributed by atoms with van der Waals surface area (Å²) in [6.07, 6.45) is 3.51. The minimum absolute atomic E-state index is 0.0299. The highest BCUT2D eigenvalue weighted by Gasteiger charge is 2.28. The molecule has 1 fully saturated rings. The zero-order valence-corrected chi connectivity index (χ0v) is 14.4. The minimum atomic E-state index is -0.487. The molecule has 1 atom stereocenters. The number of nitrogens with zero attached hydrogens (tertiary/aromatic N) is 1. The summed E-state index contributed by atoms with van der Waals surface area (Å²) in [6.45, 7) is 1.81. The van der Waals surface area contributed by atoms with Gasteiger partial charge in [0.1, 0.15) is 11.4 Å². The molecule has 0 saturated carbocycles. The average molecular weight is 364 g/mol. The third-order valence-corrected chi connectivity index (χ3v) is 4.76. The molecule has 2 aromatic rings. The summed E-state index contributed by atoms with van der Waals surface area (Å²) < 4.78 is 14.4. The Labute approximate surface area is 149 Å². The van der Waals surface area contributed by atoms with Crippen LogP contribution in [0.25, 0.3) is 0 Å². The van der Waals surface area contributed by atoms with Crippen molar-refractivity contribution in [1.82, 2.24) is 15.2 Å². The molecular formula is C18H19ClFN3O2. The molecule has 1 aliphatic rings. The fourth-order valence-electron chi connectivity index (χ4n) is 3.18. The molecule has 0 spiro atoms. The number of amides is 1. The first kappa shape index (κ1) is 17.6. The fraction of sp³-hybridized carbons (Fsp3) is 0.333. The molecule has 1 aromatic heterocycles. The maximum absolute atomic E-state index is 14.4. The lowest BCUT2D eigenvalue weighted by atomic mass is 10.0. The van der Waals surface area contributed by atoms with Gasteiger partial charge in [-0.05, 0) is 50.2 Å². The number of aromatic amines is 1. The molecule has 132 valence electrons. The van der Waals surface area contributed by atoms with E-state index in [-0.39, 0.29) is 18.2 Å². The van der Waals surface area contributed by atoms with Crippen LogP contribution in [0.3, 0.4) is 0 Å². The second-order valence-corrected chi connectivity index (χ2v) is 6.42. The molecule has 1 aliphatic heterocycles. The van der Waals surface area contributed by atoms with Crippen LogP contribution in [0.5, 0.6) is 0 Å². The lowest BCUT2D eigenvalue weighted by Crippen LogP contribution is -2.38. The van der Waals surface area contributed by atoms with E-state index in [0.717, 1.165) is 25.9 Å². The van der Waals surface area contributed by atoms with Gasteiger partial charge in [0.15, 0.2) is 0 Å². The summed E-state index contributed by atoms with van der Waals surface area (Å²) in [4.78, 5) is 28.6. The molecule has 5 nitrogen and oxygen atoms in total. The van der Waals surface area contributed by atoms with Crippen LogP contribution in [0.1, 0.15) is 34.8 Å². The molecular weight excluding hydrogens is 345 g/mol. The first-order chi connectivity index (χ1) is 12.1. The lowest BCUT2D eigenvalue weighted by molar-refractivity contribution is 0.0935. The van der Waals surface area contributed by atoms with Crippen LogP contribution in [0, 0.1) is 5.82 Å². The maximum Gasteiger partial charge on any atom is 0.260 e. The monoisotopic (exact) mass is 363 g/mol. The van der Waals surface area contributed by atoms with Gasteiger partial charge in [-0.2, -0.15) is 0 Å². The van der Waals surface area contributed by atoms with Crippen LogP contribution in [-0.2, 0) is 0 Å². The highest BCUT2D eigenvalue weighted by Crippen LogP contribution is 2.31. The second-order valence-electron chi connectivity index (χ2n) is 6.02. The molecule has 2 N–H and O–H groups in total. The van der Waals surface area contributed by atoms with Gasteiger partial charge in [0.2, 0.25) is 0 Å². The van der Waals surface area contributed by atoms with Gasteiger partial charge in [-0.15, -0.1) is 0 Å². The quantitative estimate of drug-likeness (QED) is 0.858. The van der Waals surface area contributed by atoms with Crippen molar-refractivity contribution in [1.29, 1.82) is 0 Å². The normalized spacial score (nSPS) is 15.9. The largest absolute Gasteiger partial charge is 0.350 e. The molecule has 0 unspecified atom stereocenters. The fourth-order valence-corrected chi connectivity index (χ4v) is 3.47. The van der Waals surface area contributed by atoms with Crippen LogP contribution < -0.4 is 10.9 Å². The number of halogens is 2. The Morgan fingerprint density at radius 1 is 1.28 bits per heavy atom. The Balaban J connectivity index is 1.83. The first-order valence-corrected chi connectivity index (χ1v) is 8.59. The number of carbonyl (C=O) groups excluding carboxylic acids is 1. The molecule has 25 heavy (non-hydrogen) atoms. The van der Waals surface area contributed by atoms with E-state index >= 15 is 0 Å².